The summed E-state index contributed by atoms with van der Waals surface area (Å²) in [7, 11) is 0. The highest BCUT2D eigenvalue weighted by Crippen LogP contribution is 2.31. The molecule has 2 aromatic rings. The van der Waals surface area contributed by atoms with Gasteiger partial charge in [-0.05, 0) is 53.0 Å². The molecular weight excluding hydrogens is 348 g/mol. The lowest BCUT2D eigenvalue weighted by molar-refractivity contribution is 0.315. The van der Waals surface area contributed by atoms with Gasteiger partial charge in [0.05, 0.1) is 18.8 Å². The minimum atomic E-state index is 0.166. The van der Waals surface area contributed by atoms with E-state index in [0.717, 1.165) is 41.8 Å². The fourth-order valence-electron chi connectivity index (χ4n) is 2.04. The summed E-state index contributed by atoms with van der Waals surface area (Å²) in [6.07, 6.45) is 5.79. The van der Waals surface area contributed by atoms with E-state index in [9.17, 15) is 0 Å². The molecule has 3 nitrogen and oxygen atoms in total. The first-order valence-corrected chi connectivity index (χ1v) is 8.97. The molecule has 21 heavy (non-hydrogen) atoms. The first-order valence-electron chi connectivity index (χ1n) is 7.29. The Balaban J connectivity index is 2.23. The van der Waals surface area contributed by atoms with Crippen LogP contribution in [0.4, 0.5) is 0 Å². The third kappa shape index (κ3) is 4.80. The monoisotopic (exact) mass is 368 g/mol. The van der Waals surface area contributed by atoms with E-state index in [-0.39, 0.29) is 6.04 Å². The minimum Gasteiger partial charge on any atom is -0.492 e. The summed E-state index contributed by atoms with van der Waals surface area (Å²) in [6, 6.07) is 4.42. The largest absolute Gasteiger partial charge is 0.492 e. The lowest BCUT2D eigenvalue weighted by Crippen LogP contribution is -2.22. The van der Waals surface area contributed by atoms with Crippen LogP contribution in [-0.2, 0) is 0 Å². The molecule has 0 saturated carbocycles. The quantitative estimate of drug-likeness (QED) is 0.727. The molecule has 0 aliphatic heterocycles. The number of aromatic nitrogens is 1. The van der Waals surface area contributed by atoms with E-state index in [1.165, 1.54) is 4.88 Å². The van der Waals surface area contributed by atoms with Gasteiger partial charge in [0.1, 0.15) is 5.75 Å². The SMILES string of the molecule is CCCNC(c1cncc(OCCC)c1)c1cc(Br)cs1. The van der Waals surface area contributed by atoms with E-state index in [1.807, 2.05) is 6.20 Å². The van der Waals surface area contributed by atoms with E-state index >= 15 is 0 Å². The molecule has 2 rings (SSSR count). The van der Waals surface area contributed by atoms with Crippen molar-refractivity contribution in [3.05, 3.63) is 44.8 Å². The maximum Gasteiger partial charge on any atom is 0.137 e. The van der Waals surface area contributed by atoms with E-state index in [2.05, 4.69) is 57.6 Å². The van der Waals surface area contributed by atoms with Gasteiger partial charge in [-0.2, -0.15) is 0 Å². The Labute approximate surface area is 138 Å². The van der Waals surface area contributed by atoms with Crippen LogP contribution >= 0.6 is 27.3 Å². The van der Waals surface area contributed by atoms with Crippen molar-refractivity contribution in [3.8, 4) is 5.75 Å². The Kier molecular flexibility index (Phi) is 6.67. The van der Waals surface area contributed by atoms with Crippen molar-refractivity contribution in [2.45, 2.75) is 32.7 Å². The zero-order valence-electron chi connectivity index (χ0n) is 12.4. The van der Waals surface area contributed by atoms with Crippen molar-refractivity contribution >= 4 is 27.3 Å². The van der Waals surface area contributed by atoms with Crippen LogP contribution < -0.4 is 10.1 Å². The summed E-state index contributed by atoms with van der Waals surface area (Å²) >= 11 is 5.28. The third-order valence-corrected chi connectivity index (χ3v) is 4.77. The molecule has 2 heterocycles. The normalized spacial score (nSPS) is 12.3. The Hall–Kier alpha value is -0.910. The van der Waals surface area contributed by atoms with Gasteiger partial charge in [-0.1, -0.05) is 13.8 Å². The van der Waals surface area contributed by atoms with Gasteiger partial charge in [-0.25, -0.2) is 0 Å². The number of halogens is 1. The van der Waals surface area contributed by atoms with Gasteiger partial charge < -0.3 is 10.1 Å². The molecule has 0 spiro atoms. The lowest BCUT2D eigenvalue weighted by atomic mass is 10.1. The molecule has 0 aromatic carbocycles. The predicted octanol–water partition coefficient (Wildman–Crippen LogP) is 4.78. The van der Waals surface area contributed by atoms with Crippen LogP contribution in [0.3, 0.4) is 0 Å². The summed E-state index contributed by atoms with van der Waals surface area (Å²) in [5.74, 6) is 0.841. The zero-order chi connectivity index (χ0) is 15.1. The molecule has 0 fully saturated rings. The van der Waals surface area contributed by atoms with Crippen LogP contribution in [0.15, 0.2) is 34.4 Å². The highest BCUT2D eigenvalue weighted by Gasteiger charge is 2.16. The number of pyridine rings is 1. The number of nitrogens with zero attached hydrogens (tertiary/aromatic N) is 1. The summed E-state index contributed by atoms with van der Waals surface area (Å²) in [5, 5.41) is 5.70. The average molecular weight is 369 g/mol. The molecule has 0 aliphatic carbocycles. The Bertz CT molecular complexity index is 559. The number of rotatable bonds is 8. The highest BCUT2D eigenvalue weighted by molar-refractivity contribution is 9.10. The molecule has 5 heteroatoms. The van der Waals surface area contributed by atoms with Gasteiger partial charge in [0.15, 0.2) is 0 Å². The maximum absolute atomic E-state index is 5.70. The fraction of sp³-hybridized carbons (Fsp3) is 0.438. The summed E-state index contributed by atoms with van der Waals surface area (Å²) in [4.78, 5) is 5.61. The highest BCUT2D eigenvalue weighted by atomic mass is 79.9. The van der Waals surface area contributed by atoms with Gasteiger partial charge in [-0.3, -0.25) is 4.98 Å². The van der Waals surface area contributed by atoms with Gasteiger partial charge in [0.25, 0.3) is 0 Å². The maximum atomic E-state index is 5.70. The molecule has 0 amide bonds. The molecule has 1 N–H and O–H groups in total. The van der Waals surface area contributed by atoms with E-state index < -0.39 is 0 Å². The number of ether oxygens (including phenoxy) is 1. The second kappa shape index (κ2) is 8.51. The number of thiophene rings is 1. The van der Waals surface area contributed by atoms with E-state index in [1.54, 1.807) is 17.5 Å². The molecule has 114 valence electrons. The predicted molar refractivity (Wildman–Crippen MR) is 92.2 cm³/mol. The minimum absolute atomic E-state index is 0.166. The molecular formula is C16H21BrN2OS. The van der Waals surface area contributed by atoms with Crippen molar-refractivity contribution in [3.63, 3.8) is 0 Å². The van der Waals surface area contributed by atoms with Crippen LogP contribution in [0, 0.1) is 0 Å². The lowest BCUT2D eigenvalue weighted by Gasteiger charge is -2.18. The number of hydrogen-bond donors (Lipinski definition) is 1. The average Bonchev–Trinajstić information content (AvgIpc) is 2.92. The first kappa shape index (κ1) is 16.5. The third-order valence-electron chi connectivity index (χ3n) is 3.01. The molecule has 1 atom stereocenters. The first-order chi connectivity index (χ1) is 10.2. The summed E-state index contributed by atoms with van der Waals surface area (Å²) in [5.41, 5.74) is 1.14. The topological polar surface area (TPSA) is 34.2 Å². The van der Waals surface area contributed by atoms with Crippen LogP contribution in [0.1, 0.15) is 43.2 Å². The number of hydrogen-bond acceptors (Lipinski definition) is 4. The fourth-order valence-corrected chi connectivity index (χ4v) is 3.59. The van der Waals surface area contributed by atoms with Crippen LogP contribution in [0.2, 0.25) is 0 Å². The van der Waals surface area contributed by atoms with Crippen LogP contribution in [0.5, 0.6) is 5.75 Å². The Morgan fingerprint density at radius 1 is 1.29 bits per heavy atom. The molecule has 0 bridgehead atoms. The van der Waals surface area contributed by atoms with E-state index in [0.29, 0.717) is 0 Å². The molecule has 0 saturated heterocycles. The van der Waals surface area contributed by atoms with Crippen molar-refractivity contribution in [1.29, 1.82) is 0 Å². The standard InChI is InChI=1S/C16H21BrN2OS/c1-3-5-19-16(15-8-13(17)11-21-15)12-7-14(10-18-9-12)20-6-4-2/h7-11,16,19H,3-6H2,1-2H3. The van der Waals surface area contributed by atoms with E-state index in [4.69, 9.17) is 4.74 Å². The Morgan fingerprint density at radius 2 is 2.14 bits per heavy atom. The van der Waals surface area contributed by atoms with Crippen molar-refractivity contribution in [1.82, 2.24) is 10.3 Å². The van der Waals surface area contributed by atoms with Gasteiger partial charge in [-0.15, -0.1) is 11.3 Å². The zero-order valence-corrected chi connectivity index (χ0v) is 14.8. The molecule has 2 aromatic heterocycles. The second-order valence-electron chi connectivity index (χ2n) is 4.86. The smallest absolute Gasteiger partial charge is 0.137 e. The molecule has 0 radical (unpaired) electrons. The number of nitrogens with one attached hydrogen (secondary N) is 1. The summed E-state index contributed by atoms with van der Waals surface area (Å²) < 4.78 is 6.82. The van der Waals surface area contributed by atoms with Crippen molar-refractivity contribution < 1.29 is 4.74 Å². The van der Waals surface area contributed by atoms with Crippen molar-refractivity contribution in [2.24, 2.45) is 0 Å². The van der Waals surface area contributed by atoms with Crippen molar-refractivity contribution in [2.75, 3.05) is 13.2 Å². The van der Waals surface area contributed by atoms with Crippen LogP contribution in [0.25, 0.3) is 0 Å². The summed E-state index contributed by atoms with van der Waals surface area (Å²) in [6.45, 7) is 5.97. The van der Waals surface area contributed by atoms with Gasteiger partial charge >= 0.3 is 0 Å². The molecule has 1 unspecified atom stereocenters. The second-order valence-corrected chi connectivity index (χ2v) is 6.72. The molecule has 0 aliphatic rings. The van der Waals surface area contributed by atoms with Gasteiger partial charge in [0, 0.05) is 20.9 Å². The Morgan fingerprint density at radius 3 is 2.81 bits per heavy atom. The van der Waals surface area contributed by atoms with Crippen LogP contribution in [-0.4, -0.2) is 18.1 Å². The van der Waals surface area contributed by atoms with Gasteiger partial charge in [0.2, 0.25) is 0 Å².